The predicted molar refractivity (Wildman–Crippen MR) is 134 cm³/mol. The van der Waals surface area contributed by atoms with Crippen LogP contribution in [0.2, 0.25) is 0 Å². The Bertz CT molecular complexity index is 1390. The third-order valence-corrected chi connectivity index (χ3v) is 6.40. The molecule has 0 aliphatic carbocycles. The first-order valence-electron chi connectivity index (χ1n) is 11.3. The van der Waals surface area contributed by atoms with Crippen molar-refractivity contribution in [1.29, 1.82) is 0 Å². The summed E-state index contributed by atoms with van der Waals surface area (Å²) in [6.45, 7) is 6.72. The third kappa shape index (κ3) is 3.42. The minimum atomic E-state index is 0.482. The molecule has 4 aromatic carbocycles. The number of benzene rings is 4. The zero-order valence-corrected chi connectivity index (χ0v) is 19.2. The van der Waals surface area contributed by atoms with Crippen molar-refractivity contribution < 1.29 is 4.57 Å². The van der Waals surface area contributed by atoms with Crippen molar-refractivity contribution in [3.63, 3.8) is 0 Å². The summed E-state index contributed by atoms with van der Waals surface area (Å²) in [6, 6.07) is 35.0. The van der Waals surface area contributed by atoms with Gasteiger partial charge in [-0.1, -0.05) is 80.6 Å². The number of rotatable bonds is 4. The van der Waals surface area contributed by atoms with E-state index < -0.39 is 0 Å². The van der Waals surface area contributed by atoms with Crippen LogP contribution in [0.5, 0.6) is 0 Å². The maximum absolute atomic E-state index is 2.42. The molecule has 0 amide bonds. The molecule has 0 fully saturated rings. The van der Waals surface area contributed by atoms with Gasteiger partial charge in [-0.15, -0.1) is 0 Å². The summed E-state index contributed by atoms with van der Waals surface area (Å²) in [7, 11) is 2.18. The van der Waals surface area contributed by atoms with Crippen LogP contribution in [0, 0.1) is 6.92 Å². The molecule has 2 nitrogen and oxygen atoms in total. The smallest absolute Gasteiger partial charge is 0.225 e. The van der Waals surface area contributed by atoms with E-state index in [1.54, 1.807) is 0 Å². The topological polar surface area (TPSA) is 8.81 Å². The summed E-state index contributed by atoms with van der Waals surface area (Å²) in [4.78, 5) is 0. The quantitative estimate of drug-likeness (QED) is 0.273. The second-order valence-electron chi connectivity index (χ2n) is 8.85. The average Bonchev–Trinajstić information content (AvgIpc) is 3.12. The lowest BCUT2D eigenvalue weighted by atomic mass is 9.99. The fourth-order valence-electron chi connectivity index (χ4n) is 4.55. The minimum absolute atomic E-state index is 0.482. The number of aryl methyl sites for hydroxylation is 2. The Morgan fingerprint density at radius 2 is 1.41 bits per heavy atom. The van der Waals surface area contributed by atoms with E-state index in [0.29, 0.717) is 5.92 Å². The molecule has 0 spiro atoms. The molecule has 32 heavy (non-hydrogen) atoms. The number of fused-ring (bicyclic) bond motifs is 1. The Morgan fingerprint density at radius 1 is 0.719 bits per heavy atom. The maximum atomic E-state index is 2.42. The second kappa shape index (κ2) is 8.12. The minimum Gasteiger partial charge on any atom is -0.225 e. The largest absolute Gasteiger partial charge is 0.295 e. The van der Waals surface area contributed by atoms with E-state index in [0.717, 1.165) is 0 Å². The SMILES string of the molecule is Cc1ccc(-c2ccccc2)cc1-c1n(-c2ccccc2)c2cc(C(C)C)ccc2[n+]1C. The standard InChI is InChI=1S/C30H29N2/c1-21(2)24-17-18-28-29(20-24)32(26-13-9-6-10-14-26)30(31(28)4)27-19-25(16-15-22(27)3)23-11-7-5-8-12-23/h5-21H,1-4H3/q+1. The van der Waals surface area contributed by atoms with Crippen molar-refractivity contribution >= 4 is 11.0 Å². The molecule has 0 aliphatic heterocycles. The molecule has 0 radical (unpaired) electrons. The number of hydrogen-bond acceptors (Lipinski definition) is 0. The van der Waals surface area contributed by atoms with E-state index in [2.05, 4.69) is 134 Å². The first-order chi connectivity index (χ1) is 15.5. The van der Waals surface area contributed by atoms with Crippen LogP contribution in [-0.2, 0) is 7.05 Å². The molecule has 0 saturated heterocycles. The number of imidazole rings is 1. The lowest BCUT2D eigenvalue weighted by Crippen LogP contribution is -2.30. The van der Waals surface area contributed by atoms with Gasteiger partial charge in [0.1, 0.15) is 5.69 Å². The van der Waals surface area contributed by atoms with E-state index in [1.165, 1.54) is 50.4 Å². The van der Waals surface area contributed by atoms with Gasteiger partial charge in [0, 0.05) is 0 Å². The highest BCUT2D eigenvalue weighted by molar-refractivity contribution is 5.82. The van der Waals surface area contributed by atoms with E-state index in [-0.39, 0.29) is 0 Å². The molecule has 5 rings (SSSR count). The van der Waals surface area contributed by atoms with Crippen molar-refractivity contribution in [2.45, 2.75) is 26.7 Å². The lowest BCUT2D eigenvalue weighted by molar-refractivity contribution is -0.633. The predicted octanol–water partition coefficient (Wildman–Crippen LogP) is 7.22. The van der Waals surface area contributed by atoms with Crippen LogP contribution >= 0.6 is 0 Å². The fourth-order valence-corrected chi connectivity index (χ4v) is 4.55. The summed E-state index contributed by atoms with van der Waals surface area (Å²) < 4.78 is 4.75. The molecule has 0 unspecified atom stereocenters. The monoisotopic (exact) mass is 417 g/mol. The van der Waals surface area contributed by atoms with Crippen LogP contribution in [0.1, 0.15) is 30.9 Å². The van der Waals surface area contributed by atoms with E-state index in [1.807, 2.05) is 0 Å². The molecule has 0 N–H and O–H groups in total. The van der Waals surface area contributed by atoms with Gasteiger partial charge in [-0.3, -0.25) is 0 Å². The van der Waals surface area contributed by atoms with Gasteiger partial charge in [-0.05, 0) is 65.4 Å². The van der Waals surface area contributed by atoms with Crippen molar-refractivity contribution in [3.05, 3.63) is 108 Å². The molecule has 0 aliphatic rings. The Kier molecular flexibility index (Phi) is 5.14. The van der Waals surface area contributed by atoms with Gasteiger partial charge >= 0.3 is 0 Å². The Labute approximate surface area is 190 Å². The lowest BCUT2D eigenvalue weighted by Gasteiger charge is -2.09. The molecule has 2 heteroatoms. The normalized spacial score (nSPS) is 11.4. The van der Waals surface area contributed by atoms with Gasteiger partial charge in [0.15, 0.2) is 11.0 Å². The molecule has 1 aromatic heterocycles. The molecule has 0 bridgehead atoms. The average molecular weight is 418 g/mol. The van der Waals surface area contributed by atoms with Gasteiger partial charge < -0.3 is 0 Å². The Morgan fingerprint density at radius 3 is 2.09 bits per heavy atom. The third-order valence-electron chi connectivity index (χ3n) is 6.40. The van der Waals surface area contributed by atoms with Crippen LogP contribution in [0.25, 0.3) is 39.2 Å². The first kappa shape index (κ1) is 20.3. The Balaban J connectivity index is 1.84. The zero-order chi connectivity index (χ0) is 22.2. The Hall–Kier alpha value is -3.65. The van der Waals surface area contributed by atoms with Crippen LogP contribution in [0.4, 0.5) is 0 Å². The highest BCUT2D eigenvalue weighted by Gasteiger charge is 2.27. The second-order valence-corrected chi connectivity index (χ2v) is 8.85. The zero-order valence-electron chi connectivity index (χ0n) is 19.2. The maximum Gasteiger partial charge on any atom is 0.295 e. The molecular formula is C30H29N2+. The van der Waals surface area contributed by atoms with Crippen LogP contribution < -0.4 is 4.57 Å². The highest BCUT2D eigenvalue weighted by Crippen LogP contribution is 2.33. The molecule has 1 heterocycles. The number of nitrogens with zero attached hydrogens (tertiary/aromatic N) is 2. The fraction of sp³-hybridized carbons (Fsp3) is 0.167. The summed E-state index contributed by atoms with van der Waals surface area (Å²) in [5.41, 5.74) is 10.00. The summed E-state index contributed by atoms with van der Waals surface area (Å²) in [5.74, 6) is 1.68. The summed E-state index contributed by atoms with van der Waals surface area (Å²) in [5, 5.41) is 0. The van der Waals surface area contributed by atoms with Crippen LogP contribution in [0.15, 0.2) is 97.1 Å². The van der Waals surface area contributed by atoms with Gasteiger partial charge in [0.25, 0.3) is 5.82 Å². The van der Waals surface area contributed by atoms with Gasteiger partial charge in [-0.2, -0.15) is 4.57 Å². The van der Waals surface area contributed by atoms with E-state index in [4.69, 9.17) is 0 Å². The van der Waals surface area contributed by atoms with Gasteiger partial charge in [-0.25, -0.2) is 4.57 Å². The van der Waals surface area contributed by atoms with Crippen LogP contribution in [0.3, 0.4) is 0 Å². The van der Waals surface area contributed by atoms with E-state index >= 15 is 0 Å². The van der Waals surface area contributed by atoms with E-state index in [9.17, 15) is 0 Å². The van der Waals surface area contributed by atoms with Crippen molar-refractivity contribution in [3.8, 4) is 28.2 Å². The van der Waals surface area contributed by atoms with Crippen molar-refractivity contribution in [2.24, 2.45) is 7.05 Å². The summed E-state index contributed by atoms with van der Waals surface area (Å²) in [6.07, 6.45) is 0. The molecule has 0 atom stereocenters. The molecule has 158 valence electrons. The number of aromatic nitrogens is 2. The molecule has 0 saturated carbocycles. The van der Waals surface area contributed by atoms with Crippen molar-refractivity contribution in [1.82, 2.24) is 4.57 Å². The number of para-hydroxylation sites is 1. The first-order valence-corrected chi connectivity index (χ1v) is 11.3. The van der Waals surface area contributed by atoms with Gasteiger partial charge in [0.05, 0.1) is 12.6 Å². The highest BCUT2D eigenvalue weighted by atomic mass is 15.2. The molecular weight excluding hydrogens is 388 g/mol. The van der Waals surface area contributed by atoms with Gasteiger partial charge in [0.2, 0.25) is 0 Å². The van der Waals surface area contributed by atoms with Crippen molar-refractivity contribution in [2.75, 3.05) is 0 Å². The summed E-state index contributed by atoms with van der Waals surface area (Å²) >= 11 is 0. The molecule has 5 aromatic rings. The van der Waals surface area contributed by atoms with Crippen LogP contribution in [-0.4, -0.2) is 4.57 Å². The number of hydrogen-bond donors (Lipinski definition) is 0.